The monoisotopic (exact) mass is 215 g/mol. The van der Waals surface area contributed by atoms with Crippen molar-refractivity contribution in [1.82, 2.24) is 14.6 Å². The molecule has 82 valence electrons. The topological polar surface area (TPSA) is 47.3 Å². The fourth-order valence-electron chi connectivity index (χ4n) is 2.06. The molecule has 1 aliphatic rings. The molecular weight excluding hydrogens is 202 g/mol. The third-order valence-electron chi connectivity index (χ3n) is 3.22. The zero-order valence-electron chi connectivity index (χ0n) is 8.97. The van der Waals surface area contributed by atoms with E-state index in [0.29, 0.717) is 12.3 Å². The van der Waals surface area contributed by atoms with Gasteiger partial charge >= 0.3 is 0 Å². The molecule has 3 rings (SSSR count). The third-order valence-corrected chi connectivity index (χ3v) is 3.22. The molecule has 0 radical (unpaired) electrons. The molecule has 4 heteroatoms. The third kappa shape index (κ3) is 1.41. The summed E-state index contributed by atoms with van der Waals surface area (Å²) in [6, 6.07) is 5.78. The zero-order valence-corrected chi connectivity index (χ0v) is 8.97. The van der Waals surface area contributed by atoms with Crippen molar-refractivity contribution in [1.29, 1.82) is 0 Å². The van der Waals surface area contributed by atoms with E-state index in [9.17, 15) is 4.79 Å². The Bertz CT molecular complexity index is 528. The van der Waals surface area contributed by atoms with Gasteiger partial charge in [-0.15, -0.1) is 0 Å². The smallest absolute Gasteiger partial charge is 0.155 e. The van der Waals surface area contributed by atoms with Crippen LogP contribution in [0.15, 0.2) is 18.2 Å². The summed E-state index contributed by atoms with van der Waals surface area (Å²) in [6.45, 7) is 0. The molecule has 0 bridgehead atoms. The highest BCUT2D eigenvalue weighted by molar-refractivity contribution is 5.55. The summed E-state index contributed by atoms with van der Waals surface area (Å²) in [5.74, 6) is 1.47. The van der Waals surface area contributed by atoms with Gasteiger partial charge in [-0.1, -0.05) is 12.5 Å². The number of hydrogen-bond acceptors (Lipinski definition) is 3. The van der Waals surface area contributed by atoms with Crippen LogP contribution < -0.4 is 0 Å². The molecule has 0 unspecified atom stereocenters. The lowest BCUT2D eigenvalue weighted by atomic mass is 9.85. The van der Waals surface area contributed by atoms with Crippen LogP contribution in [0.1, 0.15) is 36.7 Å². The number of pyridine rings is 1. The number of hydrogen-bond donors (Lipinski definition) is 0. The van der Waals surface area contributed by atoms with Crippen LogP contribution in [0.4, 0.5) is 0 Å². The van der Waals surface area contributed by atoms with Crippen LogP contribution >= 0.6 is 0 Å². The van der Waals surface area contributed by atoms with E-state index in [1.165, 1.54) is 19.3 Å². The number of carbonyl (C=O) groups is 1. The van der Waals surface area contributed by atoms with Gasteiger partial charge in [0.1, 0.15) is 6.29 Å². The molecule has 0 N–H and O–H groups in total. The van der Waals surface area contributed by atoms with Gasteiger partial charge in [-0.3, -0.25) is 0 Å². The van der Waals surface area contributed by atoms with Crippen molar-refractivity contribution < 1.29 is 4.79 Å². The lowest BCUT2D eigenvalue weighted by Gasteiger charge is -2.21. The molecule has 0 aliphatic heterocycles. The molecule has 0 aromatic carbocycles. The van der Waals surface area contributed by atoms with E-state index in [0.717, 1.165) is 23.5 Å². The number of nitrogens with zero attached hydrogens (tertiary/aromatic N) is 3. The second-order valence-corrected chi connectivity index (χ2v) is 4.26. The standard InChI is InChI=1S/C12H13N3O/c16-8-7-10-5-2-6-11-13-12(14-15(10)11)9-3-1-4-9/h2,5-6,8-9H,1,3-4,7H2. The van der Waals surface area contributed by atoms with Gasteiger partial charge in [0.25, 0.3) is 0 Å². The molecule has 1 saturated carbocycles. The normalized spacial score (nSPS) is 16.2. The van der Waals surface area contributed by atoms with Gasteiger partial charge in [-0.25, -0.2) is 9.50 Å². The van der Waals surface area contributed by atoms with E-state index in [4.69, 9.17) is 0 Å². The highest BCUT2D eigenvalue weighted by Gasteiger charge is 2.23. The first-order valence-corrected chi connectivity index (χ1v) is 5.66. The molecule has 1 fully saturated rings. The molecule has 0 amide bonds. The highest BCUT2D eigenvalue weighted by Crippen LogP contribution is 2.34. The maximum absolute atomic E-state index is 10.6. The quantitative estimate of drug-likeness (QED) is 0.733. The summed E-state index contributed by atoms with van der Waals surface area (Å²) in [7, 11) is 0. The predicted molar refractivity (Wildman–Crippen MR) is 59.3 cm³/mol. The first-order valence-electron chi connectivity index (χ1n) is 5.66. The Morgan fingerprint density at radius 3 is 3.00 bits per heavy atom. The second kappa shape index (κ2) is 3.70. The fourth-order valence-corrected chi connectivity index (χ4v) is 2.06. The summed E-state index contributed by atoms with van der Waals surface area (Å²) in [4.78, 5) is 15.1. The largest absolute Gasteiger partial charge is 0.303 e. The van der Waals surface area contributed by atoms with Crippen molar-refractivity contribution >= 4 is 11.9 Å². The van der Waals surface area contributed by atoms with Gasteiger partial charge in [-0.05, 0) is 25.0 Å². The minimum atomic E-state index is 0.394. The van der Waals surface area contributed by atoms with E-state index < -0.39 is 0 Å². The molecule has 1 aliphatic carbocycles. The van der Waals surface area contributed by atoms with Crippen LogP contribution in [0, 0.1) is 0 Å². The SMILES string of the molecule is O=CCc1cccc2nc(C3CCC3)nn12. The maximum Gasteiger partial charge on any atom is 0.155 e. The van der Waals surface area contributed by atoms with E-state index in [2.05, 4.69) is 10.1 Å². The van der Waals surface area contributed by atoms with Gasteiger partial charge in [0.2, 0.25) is 0 Å². The van der Waals surface area contributed by atoms with Crippen LogP contribution in [0.3, 0.4) is 0 Å². The molecule has 2 heterocycles. The van der Waals surface area contributed by atoms with E-state index >= 15 is 0 Å². The van der Waals surface area contributed by atoms with Crippen molar-refractivity contribution in [2.45, 2.75) is 31.6 Å². The molecule has 2 aromatic rings. The van der Waals surface area contributed by atoms with Crippen LogP contribution in [0.2, 0.25) is 0 Å². The zero-order chi connectivity index (χ0) is 11.0. The van der Waals surface area contributed by atoms with E-state index in [1.54, 1.807) is 4.52 Å². The average Bonchev–Trinajstić information content (AvgIpc) is 2.59. The van der Waals surface area contributed by atoms with Crippen LogP contribution in [-0.4, -0.2) is 20.9 Å². The Hall–Kier alpha value is -1.71. The first-order chi connectivity index (χ1) is 7.88. The van der Waals surface area contributed by atoms with Gasteiger partial charge in [-0.2, -0.15) is 5.10 Å². The Balaban J connectivity index is 2.08. The van der Waals surface area contributed by atoms with Gasteiger partial charge in [0.05, 0.1) is 5.69 Å². The molecule has 0 saturated heterocycles. The minimum absolute atomic E-state index is 0.394. The maximum atomic E-state index is 10.6. The fraction of sp³-hybridized carbons (Fsp3) is 0.417. The molecular formula is C12H13N3O. The number of fused-ring (bicyclic) bond motifs is 1. The lowest BCUT2D eigenvalue weighted by molar-refractivity contribution is -0.107. The second-order valence-electron chi connectivity index (χ2n) is 4.26. The summed E-state index contributed by atoms with van der Waals surface area (Å²) in [5, 5.41) is 4.50. The van der Waals surface area contributed by atoms with Crippen LogP contribution in [-0.2, 0) is 11.2 Å². The Kier molecular flexibility index (Phi) is 2.20. The predicted octanol–water partition coefficient (Wildman–Crippen LogP) is 1.74. The molecule has 2 aromatic heterocycles. The summed E-state index contributed by atoms with van der Waals surface area (Å²) < 4.78 is 1.79. The minimum Gasteiger partial charge on any atom is -0.303 e. The van der Waals surface area contributed by atoms with Crippen LogP contribution in [0.5, 0.6) is 0 Å². The van der Waals surface area contributed by atoms with E-state index in [1.807, 2.05) is 18.2 Å². The molecule has 4 nitrogen and oxygen atoms in total. The molecule has 0 spiro atoms. The Labute approximate surface area is 93.3 Å². The van der Waals surface area contributed by atoms with Gasteiger partial charge in [0, 0.05) is 12.3 Å². The van der Waals surface area contributed by atoms with Crippen molar-refractivity contribution in [2.75, 3.05) is 0 Å². The van der Waals surface area contributed by atoms with Crippen molar-refractivity contribution in [3.63, 3.8) is 0 Å². The number of rotatable bonds is 3. The molecule has 16 heavy (non-hydrogen) atoms. The lowest BCUT2D eigenvalue weighted by Crippen LogP contribution is -2.10. The summed E-state index contributed by atoms with van der Waals surface area (Å²) >= 11 is 0. The number of aldehydes is 1. The van der Waals surface area contributed by atoms with Crippen molar-refractivity contribution in [3.8, 4) is 0 Å². The van der Waals surface area contributed by atoms with Crippen molar-refractivity contribution in [2.24, 2.45) is 0 Å². The molecule has 0 atom stereocenters. The van der Waals surface area contributed by atoms with E-state index in [-0.39, 0.29) is 0 Å². The van der Waals surface area contributed by atoms with Crippen LogP contribution in [0.25, 0.3) is 5.65 Å². The number of carbonyl (C=O) groups excluding carboxylic acids is 1. The van der Waals surface area contributed by atoms with Gasteiger partial charge in [0.15, 0.2) is 11.5 Å². The van der Waals surface area contributed by atoms with Gasteiger partial charge < -0.3 is 4.79 Å². The first kappa shape index (κ1) is 9.51. The average molecular weight is 215 g/mol. The Morgan fingerprint density at radius 2 is 2.31 bits per heavy atom. The Morgan fingerprint density at radius 1 is 1.44 bits per heavy atom. The summed E-state index contributed by atoms with van der Waals surface area (Å²) in [5.41, 5.74) is 1.76. The highest BCUT2D eigenvalue weighted by atomic mass is 16.1. The number of aromatic nitrogens is 3. The summed E-state index contributed by atoms with van der Waals surface area (Å²) in [6.07, 6.45) is 4.96. The van der Waals surface area contributed by atoms with Crippen molar-refractivity contribution in [3.05, 3.63) is 29.7 Å².